The van der Waals surface area contributed by atoms with E-state index in [2.05, 4.69) is 79.0 Å². The Morgan fingerprint density at radius 2 is 1.71 bits per heavy atom. The molecule has 3 aromatic rings. The van der Waals surface area contributed by atoms with Gasteiger partial charge in [-0.15, -0.1) is 11.3 Å². The standard InChI is InChI=1S/C38H52N4O2S/c1-23-16-24(2)18-27(17-23)35-34(25(3)22-41-14-10-26(11-15-41)19-33(43)42-12-6-7-13-42)29-20-32(45-37(29)40-35)38(4,5)21-30-28-8-9-31(30)39-36(28)44/h16-18,20,25-26,28,30-31,40H,6-15,19,21-22H2,1-5H3,(H,39,44)/t25-,28?,30?,31?/m1/s1. The van der Waals surface area contributed by atoms with Crippen LogP contribution in [0.4, 0.5) is 0 Å². The summed E-state index contributed by atoms with van der Waals surface area (Å²) in [5.41, 5.74) is 6.60. The number of amides is 2. The van der Waals surface area contributed by atoms with Crippen molar-refractivity contribution in [2.75, 3.05) is 32.7 Å². The number of rotatable bonds is 9. The molecule has 4 atom stereocenters. The summed E-state index contributed by atoms with van der Waals surface area (Å²) in [6.07, 6.45) is 8.55. The van der Waals surface area contributed by atoms with Gasteiger partial charge >= 0.3 is 0 Å². The van der Waals surface area contributed by atoms with Crippen LogP contribution in [0.3, 0.4) is 0 Å². The first-order chi connectivity index (χ1) is 21.6. The number of aromatic nitrogens is 1. The summed E-state index contributed by atoms with van der Waals surface area (Å²) >= 11 is 1.92. The molecule has 3 unspecified atom stereocenters. The number of likely N-dealkylation sites (tertiary alicyclic amines) is 2. The maximum Gasteiger partial charge on any atom is 0.223 e. The fraction of sp³-hybridized carbons (Fsp3) is 0.632. The SMILES string of the molecule is Cc1cc(C)cc(-c2[nH]c3sc(C(C)(C)CC4C5CCC4C(=O)N5)cc3c2[C@H](C)CN2CCC(CC(=O)N3CCCC3)CC2)c1. The normalized spacial score (nSPS) is 25.0. The number of thiophene rings is 1. The monoisotopic (exact) mass is 628 g/mol. The zero-order chi connectivity index (χ0) is 31.5. The summed E-state index contributed by atoms with van der Waals surface area (Å²) in [6.45, 7) is 16.7. The lowest BCUT2D eigenvalue weighted by Crippen LogP contribution is -2.38. The number of H-pyrrole nitrogens is 1. The van der Waals surface area contributed by atoms with Crippen LogP contribution in [0.15, 0.2) is 24.3 Å². The maximum absolute atomic E-state index is 12.8. The van der Waals surface area contributed by atoms with Gasteiger partial charge in [0.15, 0.2) is 0 Å². The minimum absolute atomic E-state index is 0.0112. The molecule has 2 aromatic heterocycles. The smallest absolute Gasteiger partial charge is 0.223 e. The molecule has 6 nitrogen and oxygen atoms in total. The molecule has 3 saturated heterocycles. The molecular weight excluding hydrogens is 577 g/mol. The highest BCUT2D eigenvalue weighted by Gasteiger charge is 2.49. The van der Waals surface area contributed by atoms with Gasteiger partial charge in [0.05, 0.1) is 5.69 Å². The average molecular weight is 629 g/mol. The Morgan fingerprint density at radius 3 is 2.36 bits per heavy atom. The van der Waals surface area contributed by atoms with Crippen LogP contribution >= 0.6 is 11.3 Å². The van der Waals surface area contributed by atoms with Gasteiger partial charge < -0.3 is 20.1 Å². The van der Waals surface area contributed by atoms with Crippen molar-refractivity contribution >= 4 is 33.4 Å². The highest BCUT2D eigenvalue weighted by molar-refractivity contribution is 7.18. The number of carbonyl (C=O) groups is 2. The second-order valence-electron chi connectivity index (χ2n) is 15.6. The summed E-state index contributed by atoms with van der Waals surface area (Å²) in [6, 6.07) is 9.75. The summed E-state index contributed by atoms with van der Waals surface area (Å²) in [5, 5.41) is 4.63. The van der Waals surface area contributed by atoms with E-state index in [0.29, 0.717) is 29.7 Å². The van der Waals surface area contributed by atoms with Crippen LogP contribution in [0.2, 0.25) is 0 Å². The zero-order valence-electron chi connectivity index (χ0n) is 28.0. The van der Waals surface area contributed by atoms with Crippen molar-refractivity contribution in [3.05, 3.63) is 45.8 Å². The molecule has 0 radical (unpaired) electrons. The number of carbonyl (C=O) groups excluding carboxylic acids is 2. The Bertz CT molecular complexity index is 1550. The number of benzene rings is 1. The predicted octanol–water partition coefficient (Wildman–Crippen LogP) is 7.53. The van der Waals surface area contributed by atoms with Crippen LogP contribution in [-0.4, -0.2) is 65.4 Å². The van der Waals surface area contributed by atoms with Gasteiger partial charge in [-0.2, -0.15) is 0 Å². The lowest BCUT2D eigenvalue weighted by atomic mass is 9.77. The molecule has 2 bridgehead atoms. The lowest BCUT2D eigenvalue weighted by molar-refractivity contribution is -0.131. The molecule has 5 heterocycles. The van der Waals surface area contributed by atoms with E-state index < -0.39 is 0 Å². The second kappa shape index (κ2) is 12.2. The van der Waals surface area contributed by atoms with Gasteiger partial charge in [-0.25, -0.2) is 0 Å². The van der Waals surface area contributed by atoms with Crippen LogP contribution in [-0.2, 0) is 15.0 Å². The van der Waals surface area contributed by atoms with E-state index in [1.165, 1.54) is 55.9 Å². The molecule has 1 aromatic carbocycles. The van der Waals surface area contributed by atoms with Crippen LogP contribution in [0.1, 0.15) is 99.6 Å². The lowest BCUT2D eigenvalue weighted by Gasteiger charge is -2.34. The minimum atomic E-state index is 0.0112. The molecule has 4 aliphatic rings. The Balaban J connectivity index is 1.12. The van der Waals surface area contributed by atoms with E-state index in [0.717, 1.165) is 71.2 Å². The van der Waals surface area contributed by atoms with Crippen molar-refractivity contribution < 1.29 is 9.59 Å². The van der Waals surface area contributed by atoms with E-state index in [-0.39, 0.29) is 17.2 Å². The largest absolute Gasteiger partial charge is 0.353 e. The number of hydrogen-bond acceptors (Lipinski definition) is 4. The van der Waals surface area contributed by atoms with Gasteiger partial charge in [0, 0.05) is 48.3 Å². The van der Waals surface area contributed by atoms with Crippen LogP contribution in [0.5, 0.6) is 0 Å². The highest BCUT2D eigenvalue weighted by atomic mass is 32.1. The third-order valence-electron chi connectivity index (χ3n) is 11.6. The number of fused-ring (bicyclic) bond motifs is 3. The number of hydrogen-bond donors (Lipinski definition) is 2. The van der Waals surface area contributed by atoms with Crippen molar-refractivity contribution in [2.24, 2.45) is 17.8 Å². The fourth-order valence-corrected chi connectivity index (χ4v) is 10.4. The van der Waals surface area contributed by atoms with E-state index in [4.69, 9.17) is 0 Å². The van der Waals surface area contributed by atoms with Crippen molar-refractivity contribution in [2.45, 2.75) is 103 Å². The van der Waals surface area contributed by atoms with Crippen LogP contribution in [0.25, 0.3) is 21.5 Å². The quantitative estimate of drug-likeness (QED) is 0.257. The third-order valence-corrected chi connectivity index (χ3v) is 13.0. The molecular formula is C38H52N4O2S. The first kappa shape index (κ1) is 31.0. The molecule has 3 aliphatic heterocycles. The first-order valence-electron chi connectivity index (χ1n) is 17.6. The number of nitrogens with zero attached hydrogens (tertiary/aromatic N) is 2. The van der Waals surface area contributed by atoms with Gasteiger partial charge in [0.2, 0.25) is 11.8 Å². The summed E-state index contributed by atoms with van der Waals surface area (Å²) in [4.78, 5) is 36.6. The predicted molar refractivity (Wildman–Crippen MR) is 185 cm³/mol. The summed E-state index contributed by atoms with van der Waals surface area (Å²) in [7, 11) is 0. The summed E-state index contributed by atoms with van der Waals surface area (Å²) < 4.78 is 0. The van der Waals surface area contributed by atoms with Crippen molar-refractivity contribution in [1.29, 1.82) is 0 Å². The van der Waals surface area contributed by atoms with E-state index in [9.17, 15) is 9.59 Å². The number of piperidine rings is 2. The molecule has 45 heavy (non-hydrogen) atoms. The van der Waals surface area contributed by atoms with Crippen molar-refractivity contribution in [3.63, 3.8) is 0 Å². The Morgan fingerprint density at radius 1 is 1.00 bits per heavy atom. The second-order valence-corrected chi connectivity index (χ2v) is 16.7. The average Bonchev–Trinajstić information content (AvgIpc) is 3.81. The zero-order valence-corrected chi connectivity index (χ0v) is 28.8. The molecule has 242 valence electrons. The number of aryl methyl sites for hydroxylation is 2. The van der Waals surface area contributed by atoms with E-state index in [1.807, 2.05) is 11.3 Å². The van der Waals surface area contributed by atoms with Gasteiger partial charge in [-0.1, -0.05) is 38.0 Å². The van der Waals surface area contributed by atoms with Crippen LogP contribution < -0.4 is 5.32 Å². The molecule has 7 heteroatoms. The number of nitrogens with one attached hydrogen (secondary N) is 2. The molecule has 2 amide bonds. The van der Waals surface area contributed by atoms with Crippen molar-refractivity contribution in [3.8, 4) is 11.3 Å². The first-order valence-corrected chi connectivity index (χ1v) is 18.4. The van der Waals surface area contributed by atoms with E-state index in [1.54, 1.807) is 0 Å². The van der Waals surface area contributed by atoms with Gasteiger partial charge in [-0.3, -0.25) is 9.59 Å². The molecule has 1 saturated carbocycles. The fourth-order valence-electron chi connectivity index (χ4n) is 9.22. The van der Waals surface area contributed by atoms with Crippen molar-refractivity contribution in [1.82, 2.24) is 20.1 Å². The van der Waals surface area contributed by atoms with Gasteiger partial charge in [-0.05, 0) is 124 Å². The molecule has 4 fully saturated rings. The Kier molecular flexibility index (Phi) is 8.39. The number of aromatic amines is 1. The van der Waals surface area contributed by atoms with E-state index >= 15 is 0 Å². The molecule has 1 aliphatic carbocycles. The molecule has 7 rings (SSSR count). The minimum Gasteiger partial charge on any atom is -0.353 e. The van der Waals surface area contributed by atoms with Crippen LogP contribution in [0, 0.1) is 31.6 Å². The Hall–Kier alpha value is -2.64. The van der Waals surface area contributed by atoms with Gasteiger partial charge in [0.1, 0.15) is 4.83 Å². The highest BCUT2D eigenvalue weighted by Crippen LogP contribution is 2.48. The molecule has 2 N–H and O–H groups in total. The van der Waals surface area contributed by atoms with Gasteiger partial charge in [0.25, 0.3) is 0 Å². The third kappa shape index (κ3) is 6.12. The Labute approximate surface area is 273 Å². The molecule has 0 spiro atoms. The summed E-state index contributed by atoms with van der Waals surface area (Å²) in [5.74, 6) is 2.21. The maximum atomic E-state index is 12.8. The topological polar surface area (TPSA) is 68.4 Å².